The standard InChI is InChI=1S/C11H13BO5/c13-12(14)17-11-3-1-9(2-4-11)16-10-5-7-15-8-6-10/h1-4,10H,5-8H2/q-2. The predicted molar refractivity (Wildman–Crippen MR) is 57.3 cm³/mol. The van der Waals surface area contributed by atoms with Crippen molar-refractivity contribution in [3.63, 3.8) is 0 Å². The molecule has 2 rings (SSSR count). The van der Waals surface area contributed by atoms with Crippen LogP contribution >= 0.6 is 0 Å². The van der Waals surface area contributed by atoms with Gasteiger partial charge in [0.1, 0.15) is 19.2 Å². The molecule has 0 bridgehead atoms. The number of hydrogen-bond donors (Lipinski definition) is 0. The average molecular weight is 236 g/mol. The van der Waals surface area contributed by atoms with Crippen molar-refractivity contribution in [2.24, 2.45) is 0 Å². The van der Waals surface area contributed by atoms with Gasteiger partial charge in [0.15, 0.2) is 0 Å². The lowest BCUT2D eigenvalue weighted by atomic mass is 10.1. The Labute approximate surface area is 100 Å². The van der Waals surface area contributed by atoms with Crippen LogP contribution in [0, 0.1) is 0 Å². The summed E-state index contributed by atoms with van der Waals surface area (Å²) in [7, 11) is -2.29. The molecule has 1 fully saturated rings. The SMILES string of the molecule is [O-]B([O-])Oc1ccc(OC2CCOCC2)cc1. The Balaban J connectivity index is 1.88. The van der Waals surface area contributed by atoms with E-state index in [0.29, 0.717) is 5.75 Å². The number of ether oxygens (including phenoxy) is 2. The molecule has 1 aromatic carbocycles. The molecule has 0 atom stereocenters. The first kappa shape index (κ1) is 12.2. The molecule has 1 aliphatic rings. The van der Waals surface area contributed by atoms with Crippen molar-refractivity contribution in [1.82, 2.24) is 0 Å². The molecule has 17 heavy (non-hydrogen) atoms. The highest BCUT2D eigenvalue weighted by molar-refractivity contribution is 6.29. The van der Waals surface area contributed by atoms with Crippen molar-refractivity contribution < 1.29 is 24.2 Å². The quantitative estimate of drug-likeness (QED) is 0.648. The molecule has 1 saturated heterocycles. The predicted octanol–water partition coefficient (Wildman–Crippen LogP) is -0.671. The summed E-state index contributed by atoms with van der Waals surface area (Å²) in [5.74, 6) is 0.969. The van der Waals surface area contributed by atoms with E-state index >= 15 is 0 Å². The second-order valence-corrected chi connectivity index (χ2v) is 3.81. The summed E-state index contributed by atoms with van der Waals surface area (Å²) in [5.41, 5.74) is 0. The Kier molecular flexibility index (Phi) is 4.25. The Morgan fingerprint density at radius 2 is 1.65 bits per heavy atom. The molecule has 0 unspecified atom stereocenters. The minimum atomic E-state index is -2.29. The molecule has 1 heterocycles. The summed E-state index contributed by atoms with van der Waals surface area (Å²) < 4.78 is 15.4. The van der Waals surface area contributed by atoms with Crippen LogP contribution in [0.5, 0.6) is 11.5 Å². The molecule has 6 heteroatoms. The summed E-state index contributed by atoms with van der Waals surface area (Å²) in [4.78, 5) is 0. The minimum absolute atomic E-state index is 0.169. The van der Waals surface area contributed by atoms with Crippen molar-refractivity contribution in [3.05, 3.63) is 24.3 Å². The third-order valence-corrected chi connectivity index (χ3v) is 2.53. The number of rotatable bonds is 4. The Hall–Kier alpha value is -1.24. The molecule has 0 saturated carbocycles. The van der Waals surface area contributed by atoms with Gasteiger partial charge >= 0.3 is 0 Å². The van der Waals surface area contributed by atoms with Crippen molar-refractivity contribution >= 4 is 7.32 Å². The van der Waals surface area contributed by atoms with Crippen LogP contribution in [-0.4, -0.2) is 26.6 Å². The Morgan fingerprint density at radius 3 is 2.24 bits per heavy atom. The van der Waals surface area contributed by atoms with Crippen LogP contribution in [0.3, 0.4) is 0 Å². The molecule has 0 radical (unpaired) electrons. The van der Waals surface area contributed by atoms with E-state index in [2.05, 4.69) is 4.65 Å². The van der Waals surface area contributed by atoms with Gasteiger partial charge in [0.2, 0.25) is 0 Å². The van der Waals surface area contributed by atoms with Crippen molar-refractivity contribution in [1.29, 1.82) is 0 Å². The third kappa shape index (κ3) is 3.92. The largest absolute Gasteiger partial charge is 0.860 e. The summed E-state index contributed by atoms with van der Waals surface area (Å²) in [6.07, 6.45) is 1.92. The summed E-state index contributed by atoms with van der Waals surface area (Å²) >= 11 is 0. The third-order valence-electron chi connectivity index (χ3n) is 2.53. The Morgan fingerprint density at radius 1 is 1.06 bits per heavy atom. The molecular formula is C11H13BO5-2. The van der Waals surface area contributed by atoms with Crippen LogP contribution in [0.15, 0.2) is 24.3 Å². The first-order chi connectivity index (χ1) is 8.24. The van der Waals surface area contributed by atoms with E-state index in [-0.39, 0.29) is 11.9 Å². The van der Waals surface area contributed by atoms with E-state index in [1.54, 1.807) is 24.3 Å². The van der Waals surface area contributed by atoms with E-state index in [9.17, 15) is 10.0 Å². The molecule has 1 aliphatic heterocycles. The van der Waals surface area contributed by atoms with E-state index in [1.807, 2.05) is 0 Å². The van der Waals surface area contributed by atoms with Crippen LogP contribution in [0.4, 0.5) is 0 Å². The van der Waals surface area contributed by atoms with E-state index < -0.39 is 7.32 Å². The van der Waals surface area contributed by atoms with Gasteiger partial charge in [0, 0.05) is 12.8 Å². The van der Waals surface area contributed by atoms with Gasteiger partial charge in [-0.25, -0.2) is 0 Å². The zero-order valence-corrected chi connectivity index (χ0v) is 9.33. The second-order valence-electron chi connectivity index (χ2n) is 3.81. The van der Waals surface area contributed by atoms with Crippen molar-refractivity contribution in [3.8, 4) is 11.5 Å². The molecular weight excluding hydrogens is 223 g/mol. The molecule has 92 valence electrons. The minimum Gasteiger partial charge on any atom is -0.860 e. The van der Waals surface area contributed by atoms with Crippen LogP contribution in [0.2, 0.25) is 0 Å². The van der Waals surface area contributed by atoms with E-state index in [1.165, 1.54) is 0 Å². The molecule has 0 aromatic heterocycles. The van der Waals surface area contributed by atoms with Crippen molar-refractivity contribution in [2.75, 3.05) is 13.2 Å². The molecule has 0 N–H and O–H groups in total. The average Bonchev–Trinajstić information content (AvgIpc) is 2.32. The van der Waals surface area contributed by atoms with Crippen molar-refractivity contribution in [2.45, 2.75) is 18.9 Å². The second kappa shape index (κ2) is 5.91. The lowest BCUT2D eigenvalue weighted by Crippen LogP contribution is -2.50. The van der Waals surface area contributed by atoms with Gasteiger partial charge in [-0.05, 0) is 24.3 Å². The van der Waals surface area contributed by atoms with Crippen LogP contribution in [-0.2, 0) is 4.74 Å². The highest BCUT2D eigenvalue weighted by Crippen LogP contribution is 2.21. The fourth-order valence-corrected chi connectivity index (χ4v) is 1.69. The maximum atomic E-state index is 10.3. The number of hydrogen-bond acceptors (Lipinski definition) is 5. The summed E-state index contributed by atoms with van der Waals surface area (Å²) in [6, 6.07) is 6.48. The zero-order valence-electron chi connectivity index (χ0n) is 9.33. The monoisotopic (exact) mass is 236 g/mol. The summed E-state index contributed by atoms with van der Waals surface area (Å²) in [5, 5.41) is 20.6. The molecule has 1 aromatic rings. The zero-order chi connectivity index (χ0) is 12.1. The van der Waals surface area contributed by atoms with Gasteiger partial charge < -0.3 is 24.2 Å². The van der Waals surface area contributed by atoms with Gasteiger partial charge in [0.05, 0.1) is 19.0 Å². The fourth-order valence-electron chi connectivity index (χ4n) is 1.69. The number of benzene rings is 1. The van der Waals surface area contributed by atoms with E-state index in [0.717, 1.165) is 26.1 Å². The Bertz CT molecular complexity index is 334. The highest BCUT2D eigenvalue weighted by Gasteiger charge is 2.14. The molecule has 5 nitrogen and oxygen atoms in total. The highest BCUT2D eigenvalue weighted by atomic mass is 16.6. The normalized spacial score (nSPS) is 16.6. The van der Waals surface area contributed by atoms with Gasteiger partial charge in [-0.2, -0.15) is 0 Å². The molecule has 0 aliphatic carbocycles. The van der Waals surface area contributed by atoms with Crippen LogP contribution in [0.1, 0.15) is 12.8 Å². The van der Waals surface area contributed by atoms with Gasteiger partial charge in [-0.3, -0.25) is 0 Å². The van der Waals surface area contributed by atoms with Gasteiger partial charge in [0.25, 0.3) is 0 Å². The maximum absolute atomic E-state index is 10.3. The molecule has 0 spiro atoms. The van der Waals surface area contributed by atoms with Gasteiger partial charge in [-0.15, -0.1) is 0 Å². The van der Waals surface area contributed by atoms with Crippen LogP contribution in [0.25, 0.3) is 0 Å². The van der Waals surface area contributed by atoms with Gasteiger partial charge in [-0.1, -0.05) is 0 Å². The first-order valence-corrected chi connectivity index (χ1v) is 5.57. The van der Waals surface area contributed by atoms with E-state index in [4.69, 9.17) is 9.47 Å². The first-order valence-electron chi connectivity index (χ1n) is 5.57. The fraction of sp³-hybridized carbons (Fsp3) is 0.455. The maximum Gasteiger partial charge on any atom is 0.133 e. The molecule has 0 amide bonds. The smallest absolute Gasteiger partial charge is 0.133 e. The summed E-state index contributed by atoms with van der Waals surface area (Å²) in [6.45, 7) is 1.44. The lowest BCUT2D eigenvalue weighted by molar-refractivity contribution is -0.372. The lowest BCUT2D eigenvalue weighted by Gasteiger charge is -2.27. The topological polar surface area (TPSA) is 73.8 Å². The van der Waals surface area contributed by atoms with Crippen LogP contribution < -0.4 is 19.4 Å².